The molecule has 0 saturated carbocycles. The summed E-state index contributed by atoms with van der Waals surface area (Å²) < 4.78 is 5.56. The van der Waals surface area contributed by atoms with Crippen molar-refractivity contribution < 1.29 is 4.74 Å². The van der Waals surface area contributed by atoms with Crippen LogP contribution in [0, 0.1) is 6.92 Å². The van der Waals surface area contributed by atoms with Crippen LogP contribution in [0.15, 0.2) is 6.20 Å². The summed E-state index contributed by atoms with van der Waals surface area (Å²) in [7, 11) is 0. The first-order chi connectivity index (χ1) is 7.27. The molecule has 1 aliphatic rings. The average molecular weight is 209 g/mol. The molecular weight excluding hydrogens is 190 g/mol. The van der Waals surface area contributed by atoms with E-state index in [9.17, 15) is 0 Å². The summed E-state index contributed by atoms with van der Waals surface area (Å²) in [6.45, 7) is 6.07. The fraction of sp³-hybridized carbons (Fsp3) is 0.727. The Kier molecular flexibility index (Phi) is 3.38. The van der Waals surface area contributed by atoms with Crippen molar-refractivity contribution in [1.82, 2.24) is 15.5 Å². The summed E-state index contributed by atoms with van der Waals surface area (Å²) in [6.07, 6.45) is 4.68. The van der Waals surface area contributed by atoms with Gasteiger partial charge in [-0.15, -0.1) is 0 Å². The van der Waals surface area contributed by atoms with Crippen LogP contribution < -0.4 is 5.32 Å². The number of aryl methyl sites for hydroxylation is 1. The molecule has 15 heavy (non-hydrogen) atoms. The van der Waals surface area contributed by atoms with Crippen LogP contribution in [-0.4, -0.2) is 29.5 Å². The summed E-state index contributed by atoms with van der Waals surface area (Å²) >= 11 is 0. The van der Waals surface area contributed by atoms with Crippen LogP contribution in [0.3, 0.4) is 0 Å². The Morgan fingerprint density at radius 3 is 3.20 bits per heavy atom. The monoisotopic (exact) mass is 209 g/mol. The number of aromatic nitrogens is 2. The molecule has 1 aliphatic heterocycles. The normalized spacial score (nSPS) is 23.2. The highest BCUT2D eigenvalue weighted by atomic mass is 16.5. The van der Waals surface area contributed by atoms with Crippen molar-refractivity contribution in [3.63, 3.8) is 0 Å². The maximum atomic E-state index is 5.56. The van der Waals surface area contributed by atoms with E-state index in [1.807, 2.05) is 13.1 Å². The molecule has 2 unspecified atom stereocenters. The lowest BCUT2D eigenvalue weighted by molar-refractivity contribution is 0.108. The molecule has 0 bridgehead atoms. The minimum atomic E-state index is 0.341. The zero-order chi connectivity index (χ0) is 10.7. The highest BCUT2D eigenvalue weighted by Gasteiger charge is 2.17. The van der Waals surface area contributed by atoms with Crippen molar-refractivity contribution in [2.45, 2.75) is 38.8 Å². The molecule has 0 aromatic carbocycles. The van der Waals surface area contributed by atoms with Crippen LogP contribution in [0.5, 0.6) is 0 Å². The number of H-pyrrole nitrogens is 1. The van der Waals surface area contributed by atoms with Crippen LogP contribution >= 0.6 is 0 Å². The first-order valence-corrected chi connectivity index (χ1v) is 5.62. The minimum Gasteiger partial charge on any atom is -0.377 e. The maximum Gasteiger partial charge on any atom is 0.0700 e. The van der Waals surface area contributed by atoms with E-state index in [4.69, 9.17) is 4.74 Å². The SMILES string of the molecule is Cc1[nH]ncc1C(C)NCC1CCCO1. The molecule has 2 N–H and O–H groups in total. The summed E-state index contributed by atoms with van der Waals surface area (Å²) in [4.78, 5) is 0. The molecule has 1 aromatic rings. The van der Waals surface area contributed by atoms with E-state index in [1.54, 1.807) is 0 Å². The fourth-order valence-electron chi connectivity index (χ4n) is 2.02. The zero-order valence-corrected chi connectivity index (χ0v) is 9.42. The van der Waals surface area contributed by atoms with Gasteiger partial charge in [-0.1, -0.05) is 0 Å². The fourth-order valence-corrected chi connectivity index (χ4v) is 2.02. The van der Waals surface area contributed by atoms with Gasteiger partial charge in [-0.3, -0.25) is 5.10 Å². The molecule has 4 nitrogen and oxygen atoms in total. The van der Waals surface area contributed by atoms with E-state index in [2.05, 4.69) is 22.4 Å². The number of hydrogen-bond acceptors (Lipinski definition) is 3. The molecular formula is C11H19N3O. The molecule has 84 valence electrons. The van der Waals surface area contributed by atoms with Gasteiger partial charge in [0.1, 0.15) is 0 Å². The largest absolute Gasteiger partial charge is 0.377 e. The molecule has 2 rings (SSSR count). The summed E-state index contributed by atoms with van der Waals surface area (Å²) in [5, 5.41) is 10.5. The zero-order valence-electron chi connectivity index (χ0n) is 9.42. The second kappa shape index (κ2) is 4.77. The minimum absolute atomic E-state index is 0.341. The lowest BCUT2D eigenvalue weighted by Gasteiger charge is -2.16. The molecule has 0 amide bonds. The first-order valence-electron chi connectivity index (χ1n) is 5.62. The third-order valence-corrected chi connectivity index (χ3v) is 3.01. The van der Waals surface area contributed by atoms with Gasteiger partial charge in [-0.25, -0.2) is 0 Å². The van der Waals surface area contributed by atoms with Crippen molar-refractivity contribution in [2.75, 3.05) is 13.2 Å². The van der Waals surface area contributed by atoms with Crippen LogP contribution in [0.25, 0.3) is 0 Å². The Morgan fingerprint density at radius 2 is 2.60 bits per heavy atom. The molecule has 4 heteroatoms. The highest BCUT2D eigenvalue weighted by molar-refractivity contribution is 5.18. The molecule has 1 saturated heterocycles. The van der Waals surface area contributed by atoms with Crippen molar-refractivity contribution in [2.24, 2.45) is 0 Å². The van der Waals surface area contributed by atoms with E-state index in [-0.39, 0.29) is 0 Å². The second-order valence-electron chi connectivity index (χ2n) is 4.22. The number of nitrogens with zero attached hydrogens (tertiary/aromatic N) is 1. The topological polar surface area (TPSA) is 49.9 Å². The number of aromatic amines is 1. The highest BCUT2D eigenvalue weighted by Crippen LogP contribution is 2.16. The molecule has 0 aliphatic carbocycles. The van der Waals surface area contributed by atoms with Gasteiger partial charge in [0.05, 0.1) is 12.3 Å². The van der Waals surface area contributed by atoms with Crippen LogP contribution in [-0.2, 0) is 4.74 Å². The van der Waals surface area contributed by atoms with Gasteiger partial charge in [0.25, 0.3) is 0 Å². The Labute approximate surface area is 90.4 Å². The number of ether oxygens (including phenoxy) is 1. The third kappa shape index (κ3) is 2.58. The lowest BCUT2D eigenvalue weighted by atomic mass is 10.1. The van der Waals surface area contributed by atoms with Gasteiger partial charge in [-0.05, 0) is 26.7 Å². The predicted molar refractivity (Wildman–Crippen MR) is 58.7 cm³/mol. The molecule has 0 radical (unpaired) electrons. The van der Waals surface area contributed by atoms with Crippen LogP contribution in [0.2, 0.25) is 0 Å². The lowest BCUT2D eigenvalue weighted by Crippen LogP contribution is -2.28. The van der Waals surface area contributed by atoms with Gasteiger partial charge >= 0.3 is 0 Å². The van der Waals surface area contributed by atoms with E-state index in [0.717, 1.165) is 18.8 Å². The average Bonchev–Trinajstić information content (AvgIpc) is 2.84. The third-order valence-electron chi connectivity index (χ3n) is 3.01. The summed E-state index contributed by atoms with van der Waals surface area (Å²) in [6, 6.07) is 0.341. The molecule has 2 heterocycles. The van der Waals surface area contributed by atoms with Gasteiger partial charge in [0.15, 0.2) is 0 Å². The summed E-state index contributed by atoms with van der Waals surface area (Å²) in [5.74, 6) is 0. The van der Waals surface area contributed by atoms with Gasteiger partial charge < -0.3 is 10.1 Å². The van der Waals surface area contributed by atoms with E-state index in [1.165, 1.54) is 18.4 Å². The Morgan fingerprint density at radius 1 is 1.73 bits per heavy atom. The Bertz CT molecular complexity index is 305. The smallest absolute Gasteiger partial charge is 0.0700 e. The van der Waals surface area contributed by atoms with Crippen LogP contribution in [0.4, 0.5) is 0 Å². The van der Waals surface area contributed by atoms with E-state index >= 15 is 0 Å². The number of nitrogens with one attached hydrogen (secondary N) is 2. The van der Waals surface area contributed by atoms with Gasteiger partial charge in [-0.2, -0.15) is 5.10 Å². The Balaban J connectivity index is 1.81. The Hall–Kier alpha value is -0.870. The molecule has 1 aromatic heterocycles. The summed E-state index contributed by atoms with van der Waals surface area (Å²) in [5.41, 5.74) is 2.38. The van der Waals surface area contributed by atoms with E-state index < -0.39 is 0 Å². The first kappa shape index (κ1) is 10.6. The molecule has 0 spiro atoms. The van der Waals surface area contributed by atoms with Gasteiger partial charge in [0, 0.05) is 30.5 Å². The predicted octanol–water partition coefficient (Wildman–Crippen LogP) is 1.55. The quantitative estimate of drug-likeness (QED) is 0.791. The number of rotatable bonds is 4. The molecule has 2 atom stereocenters. The van der Waals surface area contributed by atoms with E-state index in [0.29, 0.717) is 12.1 Å². The van der Waals surface area contributed by atoms with Crippen LogP contribution in [0.1, 0.15) is 37.1 Å². The van der Waals surface area contributed by atoms with Crippen molar-refractivity contribution in [3.05, 3.63) is 17.5 Å². The standard InChI is InChI=1S/C11H19N3O/c1-8(11-7-13-14-9(11)2)12-6-10-4-3-5-15-10/h7-8,10,12H,3-6H2,1-2H3,(H,13,14). The van der Waals surface area contributed by atoms with Gasteiger partial charge in [0.2, 0.25) is 0 Å². The number of hydrogen-bond donors (Lipinski definition) is 2. The second-order valence-corrected chi connectivity index (χ2v) is 4.22. The van der Waals surface area contributed by atoms with Crippen molar-refractivity contribution >= 4 is 0 Å². The molecule has 1 fully saturated rings. The maximum absolute atomic E-state index is 5.56. The van der Waals surface area contributed by atoms with Crippen molar-refractivity contribution in [1.29, 1.82) is 0 Å². The van der Waals surface area contributed by atoms with Crippen molar-refractivity contribution in [3.8, 4) is 0 Å².